The lowest BCUT2D eigenvalue weighted by Gasteiger charge is -2.06. The molecule has 0 amide bonds. The molecule has 0 aliphatic carbocycles. The first kappa shape index (κ1) is 14.8. The van der Waals surface area contributed by atoms with Gasteiger partial charge in [-0.3, -0.25) is 0 Å². The van der Waals surface area contributed by atoms with Crippen LogP contribution in [0.1, 0.15) is 18.2 Å². The van der Waals surface area contributed by atoms with Gasteiger partial charge in [0.25, 0.3) is 0 Å². The summed E-state index contributed by atoms with van der Waals surface area (Å²) in [4.78, 5) is 0.265. The van der Waals surface area contributed by atoms with Crippen LogP contribution in [0.15, 0.2) is 63.9 Å². The minimum Gasteiger partial charge on any atom is -0.460 e. The van der Waals surface area contributed by atoms with E-state index in [0.717, 1.165) is 23.0 Å². The lowest BCUT2D eigenvalue weighted by atomic mass is 10.2. The predicted octanol–water partition coefficient (Wildman–Crippen LogP) is 3.47. The Morgan fingerprint density at radius 2 is 1.77 bits per heavy atom. The van der Waals surface area contributed by atoms with Gasteiger partial charge >= 0.3 is 0 Å². The summed E-state index contributed by atoms with van der Waals surface area (Å²) in [6, 6.07) is 16.3. The van der Waals surface area contributed by atoms with Crippen LogP contribution in [0, 0.1) is 0 Å². The molecule has 1 N–H and O–H groups in total. The monoisotopic (exact) mass is 315 g/mol. The van der Waals surface area contributed by atoms with Crippen molar-refractivity contribution in [1.82, 2.24) is 4.72 Å². The molecule has 0 atom stereocenters. The standard InChI is InChI=1S/C17H17NO3S/c1-2-13-7-9-16(10-8-13)22(19,20)18-12-15-11-14-5-3-4-6-17(14)21-15/h3-11,18H,2,12H2,1H3. The van der Waals surface area contributed by atoms with E-state index >= 15 is 0 Å². The van der Waals surface area contributed by atoms with Gasteiger partial charge in [0.2, 0.25) is 10.0 Å². The SMILES string of the molecule is CCc1ccc(S(=O)(=O)NCc2cc3ccccc3o2)cc1. The molecular weight excluding hydrogens is 298 g/mol. The molecule has 4 nitrogen and oxygen atoms in total. The molecule has 22 heavy (non-hydrogen) atoms. The molecule has 0 aliphatic rings. The fraction of sp³-hybridized carbons (Fsp3) is 0.176. The Kier molecular flexibility index (Phi) is 4.00. The normalized spacial score (nSPS) is 11.9. The molecule has 0 saturated heterocycles. The number of nitrogens with one attached hydrogen (secondary N) is 1. The van der Waals surface area contributed by atoms with Crippen LogP contribution < -0.4 is 4.72 Å². The quantitative estimate of drug-likeness (QED) is 0.784. The first-order valence-electron chi connectivity index (χ1n) is 7.14. The second kappa shape index (κ2) is 5.94. The third-order valence-electron chi connectivity index (χ3n) is 3.55. The molecule has 0 spiro atoms. The Balaban J connectivity index is 1.76. The summed E-state index contributed by atoms with van der Waals surface area (Å²) in [6.07, 6.45) is 0.882. The topological polar surface area (TPSA) is 59.3 Å². The summed E-state index contributed by atoms with van der Waals surface area (Å²) in [6.45, 7) is 2.16. The summed E-state index contributed by atoms with van der Waals surface area (Å²) in [5.74, 6) is 0.593. The van der Waals surface area contributed by atoms with Crippen molar-refractivity contribution in [3.63, 3.8) is 0 Å². The van der Waals surface area contributed by atoms with Crippen LogP contribution in [0.5, 0.6) is 0 Å². The molecule has 0 unspecified atom stereocenters. The summed E-state index contributed by atoms with van der Waals surface area (Å²) in [5.41, 5.74) is 1.86. The summed E-state index contributed by atoms with van der Waals surface area (Å²) in [5, 5.41) is 0.962. The number of aryl methyl sites for hydroxylation is 1. The van der Waals surface area contributed by atoms with E-state index in [1.807, 2.05) is 49.4 Å². The van der Waals surface area contributed by atoms with Crippen LogP contribution in [-0.2, 0) is 23.0 Å². The van der Waals surface area contributed by atoms with Gasteiger partial charge in [0.15, 0.2) is 0 Å². The maximum Gasteiger partial charge on any atom is 0.240 e. The summed E-state index contributed by atoms with van der Waals surface area (Å²) < 4.78 is 32.7. The Morgan fingerprint density at radius 1 is 1.05 bits per heavy atom. The molecule has 0 bridgehead atoms. The highest BCUT2D eigenvalue weighted by molar-refractivity contribution is 7.89. The second-order valence-corrected chi connectivity index (χ2v) is 6.84. The maximum absolute atomic E-state index is 12.3. The average molecular weight is 315 g/mol. The zero-order chi connectivity index (χ0) is 15.6. The third kappa shape index (κ3) is 3.05. The Hall–Kier alpha value is -2.11. The van der Waals surface area contributed by atoms with Crippen molar-refractivity contribution in [3.05, 3.63) is 65.9 Å². The highest BCUT2D eigenvalue weighted by atomic mass is 32.2. The number of hydrogen-bond donors (Lipinski definition) is 1. The number of fused-ring (bicyclic) bond motifs is 1. The highest BCUT2D eigenvalue weighted by Gasteiger charge is 2.14. The van der Waals surface area contributed by atoms with E-state index in [2.05, 4.69) is 4.72 Å². The Bertz CT molecular complexity index is 847. The van der Waals surface area contributed by atoms with Crippen molar-refractivity contribution >= 4 is 21.0 Å². The average Bonchev–Trinajstić information content (AvgIpc) is 2.96. The van der Waals surface area contributed by atoms with Gasteiger partial charge < -0.3 is 4.42 Å². The van der Waals surface area contributed by atoms with Crippen molar-refractivity contribution in [1.29, 1.82) is 0 Å². The molecule has 1 heterocycles. The minimum atomic E-state index is -3.53. The van der Waals surface area contributed by atoms with Crippen LogP contribution in [0.25, 0.3) is 11.0 Å². The van der Waals surface area contributed by atoms with Gasteiger partial charge in [0.05, 0.1) is 11.4 Å². The smallest absolute Gasteiger partial charge is 0.240 e. The molecule has 0 aliphatic heterocycles. The van der Waals surface area contributed by atoms with Crippen molar-refractivity contribution in [2.24, 2.45) is 0 Å². The van der Waals surface area contributed by atoms with Crippen molar-refractivity contribution in [3.8, 4) is 0 Å². The lowest BCUT2D eigenvalue weighted by Crippen LogP contribution is -2.22. The van der Waals surface area contributed by atoms with Gasteiger partial charge in [-0.15, -0.1) is 0 Å². The van der Waals surface area contributed by atoms with Gasteiger partial charge in [0, 0.05) is 5.39 Å². The van der Waals surface area contributed by atoms with Gasteiger partial charge in [-0.2, -0.15) is 0 Å². The third-order valence-corrected chi connectivity index (χ3v) is 4.97. The Labute approximate surface area is 129 Å². The van der Waals surface area contributed by atoms with Gasteiger partial charge in [-0.05, 0) is 36.2 Å². The summed E-state index contributed by atoms with van der Waals surface area (Å²) in [7, 11) is -3.53. The zero-order valence-electron chi connectivity index (χ0n) is 12.2. The summed E-state index contributed by atoms with van der Waals surface area (Å²) >= 11 is 0. The van der Waals surface area contributed by atoms with Crippen molar-refractivity contribution < 1.29 is 12.8 Å². The molecular formula is C17H17NO3S. The van der Waals surface area contributed by atoms with Crippen molar-refractivity contribution in [2.75, 3.05) is 0 Å². The Morgan fingerprint density at radius 3 is 2.45 bits per heavy atom. The number of para-hydroxylation sites is 1. The second-order valence-electron chi connectivity index (χ2n) is 5.07. The van der Waals surface area contributed by atoms with Crippen LogP contribution in [0.3, 0.4) is 0 Å². The largest absolute Gasteiger partial charge is 0.460 e. The first-order valence-corrected chi connectivity index (χ1v) is 8.63. The van der Waals surface area contributed by atoms with E-state index in [9.17, 15) is 8.42 Å². The number of hydrogen-bond acceptors (Lipinski definition) is 3. The molecule has 0 saturated carbocycles. The van der Waals surface area contributed by atoms with Crippen LogP contribution in [0.2, 0.25) is 0 Å². The van der Waals surface area contributed by atoms with Crippen LogP contribution in [0.4, 0.5) is 0 Å². The number of rotatable bonds is 5. The number of furan rings is 1. The number of benzene rings is 2. The van der Waals surface area contributed by atoms with Gasteiger partial charge in [-0.1, -0.05) is 37.3 Å². The zero-order valence-corrected chi connectivity index (χ0v) is 13.1. The minimum absolute atomic E-state index is 0.131. The molecule has 1 aromatic heterocycles. The maximum atomic E-state index is 12.3. The molecule has 5 heteroatoms. The number of sulfonamides is 1. The van der Waals surface area contributed by atoms with E-state index < -0.39 is 10.0 Å². The van der Waals surface area contributed by atoms with E-state index in [1.54, 1.807) is 12.1 Å². The molecule has 114 valence electrons. The van der Waals surface area contributed by atoms with E-state index in [0.29, 0.717) is 5.76 Å². The van der Waals surface area contributed by atoms with E-state index in [1.165, 1.54) is 0 Å². The van der Waals surface area contributed by atoms with E-state index in [4.69, 9.17) is 4.42 Å². The van der Waals surface area contributed by atoms with Crippen LogP contribution in [-0.4, -0.2) is 8.42 Å². The molecule has 3 aromatic rings. The fourth-order valence-corrected chi connectivity index (χ4v) is 3.27. The highest BCUT2D eigenvalue weighted by Crippen LogP contribution is 2.19. The molecule has 0 radical (unpaired) electrons. The predicted molar refractivity (Wildman–Crippen MR) is 86.1 cm³/mol. The fourth-order valence-electron chi connectivity index (χ4n) is 2.28. The lowest BCUT2D eigenvalue weighted by molar-refractivity contribution is 0.530. The molecule has 3 rings (SSSR count). The van der Waals surface area contributed by atoms with Gasteiger partial charge in [0.1, 0.15) is 11.3 Å². The van der Waals surface area contributed by atoms with Crippen molar-refractivity contribution in [2.45, 2.75) is 24.8 Å². The molecule has 2 aromatic carbocycles. The molecule has 0 fully saturated rings. The van der Waals surface area contributed by atoms with E-state index in [-0.39, 0.29) is 11.4 Å². The van der Waals surface area contributed by atoms with Gasteiger partial charge in [-0.25, -0.2) is 13.1 Å². The van der Waals surface area contributed by atoms with Crippen LogP contribution >= 0.6 is 0 Å². The first-order chi connectivity index (χ1) is 10.6.